The molecule has 1 unspecified atom stereocenters. The van der Waals surface area contributed by atoms with E-state index in [1.807, 2.05) is 24.3 Å². The number of benzene rings is 1. The van der Waals surface area contributed by atoms with Crippen LogP contribution >= 0.6 is 15.9 Å². The second kappa shape index (κ2) is 5.53. The summed E-state index contributed by atoms with van der Waals surface area (Å²) >= 11 is 3.36. The Morgan fingerprint density at radius 1 is 1.17 bits per heavy atom. The Morgan fingerprint density at radius 3 is 2.22 bits per heavy atom. The van der Waals surface area contributed by atoms with Gasteiger partial charge in [0.15, 0.2) is 0 Å². The van der Waals surface area contributed by atoms with Gasteiger partial charge in [0.2, 0.25) is 0 Å². The summed E-state index contributed by atoms with van der Waals surface area (Å²) in [6, 6.07) is 7.66. The number of hydrogen-bond donors (Lipinski definition) is 0. The van der Waals surface area contributed by atoms with Crippen LogP contribution in [0.3, 0.4) is 0 Å². The number of aldehydes is 1. The van der Waals surface area contributed by atoms with Crippen LogP contribution in [0.5, 0.6) is 0 Å². The predicted octanol–water partition coefficient (Wildman–Crippen LogP) is 2.56. The normalized spacial score (nSPS) is 21.4. The van der Waals surface area contributed by atoms with Crippen molar-refractivity contribution in [2.45, 2.75) is 18.8 Å². The number of sulfone groups is 1. The quantitative estimate of drug-likeness (QED) is 0.800. The van der Waals surface area contributed by atoms with Crippen molar-refractivity contribution in [3.05, 3.63) is 34.3 Å². The molecule has 0 aliphatic carbocycles. The van der Waals surface area contributed by atoms with Gasteiger partial charge in [0.05, 0.1) is 11.5 Å². The number of rotatable bonds is 3. The van der Waals surface area contributed by atoms with Crippen LogP contribution < -0.4 is 0 Å². The van der Waals surface area contributed by atoms with E-state index in [0.29, 0.717) is 12.8 Å². The van der Waals surface area contributed by atoms with Crippen LogP contribution in [0, 0.1) is 5.92 Å². The molecular weight excluding hydrogens is 316 g/mol. The van der Waals surface area contributed by atoms with Gasteiger partial charge in [0.25, 0.3) is 0 Å². The molecule has 0 bridgehead atoms. The lowest BCUT2D eigenvalue weighted by molar-refractivity contribution is -0.110. The van der Waals surface area contributed by atoms with Crippen molar-refractivity contribution in [1.29, 1.82) is 0 Å². The van der Waals surface area contributed by atoms with Gasteiger partial charge in [-0.2, -0.15) is 0 Å². The first kappa shape index (κ1) is 13.7. The van der Waals surface area contributed by atoms with Gasteiger partial charge in [-0.15, -0.1) is 0 Å². The summed E-state index contributed by atoms with van der Waals surface area (Å²) < 4.78 is 23.8. The molecule has 1 heterocycles. The molecule has 1 aromatic carbocycles. The minimum absolute atomic E-state index is 0.146. The van der Waals surface area contributed by atoms with Crippen LogP contribution in [0.4, 0.5) is 0 Å². The second-order valence-electron chi connectivity index (χ2n) is 4.70. The number of carbonyl (C=O) groups excluding carboxylic acids is 1. The van der Waals surface area contributed by atoms with Crippen molar-refractivity contribution in [3.8, 4) is 0 Å². The van der Waals surface area contributed by atoms with E-state index >= 15 is 0 Å². The Morgan fingerprint density at radius 2 is 1.72 bits per heavy atom. The summed E-state index contributed by atoms with van der Waals surface area (Å²) in [7, 11) is -2.87. The molecule has 0 radical (unpaired) electrons. The van der Waals surface area contributed by atoms with Gasteiger partial charge in [-0.05, 0) is 36.5 Å². The smallest absolute Gasteiger partial charge is 0.150 e. The SMILES string of the molecule is O=CC(c1ccc(Br)cc1)C1CCS(=O)(=O)CC1. The zero-order chi connectivity index (χ0) is 13.2. The Kier molecular flexibility index (Phi) is 4.22. The van der Waals surface area contributed by atoms with E-state index in [1.165, 1.54) is 0 Å². The minimum atomic E-state index is -2.87. The molecule has 5 heteroatoms. The van der Waals surface area contributed by atoms with Crippen molar-refractivity contribution in [2.75, 3.05) is 11.5 Å². The lowest BCUT2D eigenvalue weighted by atomic mass is 9.83. The molecule has 98 valence electrons. The Bertz CT molecular complexity index is 508. The maximum atomic E-state index is 11.4. The zero-order valence-electron chi connectivity index (χ0n) is 9.88. The molecule has 1 saturated heterocycles. The van der Waals surface area contributed by atoms with Crippen molar-refractivity contribution >= 4 is 32.1 Å². The highest BCUT2D eigenvalue weighted by atomic mass is 79.9. The van der Waals surface area contributed by atoms with Gasteiger partial charge in [0.1, 0.15) is 16.1 Å². The third-order valence-corrected chi connectivity index (χ3v) is 5.75. The molecule has 0 saturated carbocycles. The van der Waals surface area contributed by atoms with Gasteiger partial charge in [-0.3, -0.25) is 0 Å². The minimum Gasteiger partial charge on any atom is -0.303 e. The highest BCUT2D eigenvalue weighted by molar-refractivity contribution is 9.10. The van der Waals surface area contributed by atoms with Crippen molar-refractivity contribution < 1.29 is 13.2 Å². The number of carbonyl (C=O) groups is 1. The molecule has 0 N–H and O–H groups in total. The van der Waals surface area contributed by atoms with Crippen LogP contribution in [0.1, 0.15) is 24.3 Å². The molecule has 0 spiro atoms. The van der Waals surface area contributed by atoms with Crippen LogP contribution in [0.2, 0.25) is 0 Å². The summed E-state index contributed by atoms with van der Waals surface area (Å²) in [5.41, 5.74) is 0.970. The fourth-order valence-corrected chi connectivity index (χ4v) is 4.21. The first-order valence-electron chi connectivity index (χ1n) is 5.93. The summed E-state index contributed by atoms with van der Waals surface area (Å²) in [5.74, 6) is 0.373. The van der Waals surface area contributed by atoms with Gasteiger partial charge in [-0.1, -0.05) is 28.1 Å². The van der Waals surface area contributed by atoms with E-state index in [2.05, 4.69) is 15.9 Å². The fraction of sp³-hybridized carbons (Fsp3) is 0.462. The summed E-state index contributed by atoms with van der Waals surface area (Å²) in [6.45, 7) is 0. The average Bonchev–Trinajstić information content (AvgIpc) is 2.34. The first-order valence-corrected chi connectivity index (χ1v) is 8.54. The summed E-state index contributed by atoms with van der Waals surface area (Å²) in [5, 5.41) is 0. The molecule has 1 atom stereocenters. The highest BCUT2D eigenvalue weighted by Gasteiger charge is 2.30. The monoisotopic (exact) mass is 330 g/mol. The molecule has 1 aliphatic rings. The van der Waals surface area contributed by atoms with Gasteiger partial charge in [0, 0.05) is 10.4 Å². The molecule has 1 aromatic rings. The molecular formula is C13H15BrO3S. The molecule has 18 heavy (non-hydrogen) atoms. The van der Waals surface area contributed by atoms with E-state index < -0.39 is 9.84 Å². The Labute approximate surface area is 116 Å². The van der Waals surface area contributed by atoms with Crippen LogP contribution in [-0.4, -0.2) is 26.2 Å². The van der Waals surface area contributed by atoms with E-state index in [-0.39, 0.29) is 23.3 Å². The third kappa shape index (κ3) is 3.20. The topological polar surface area (TPSA) is 51.2 Å². The molecule has 1 fully saturated rings. The van der Waals surface area contributed by atoms with Crippen LogP contribution in [0.15, 0.2) is 28.7 Å². The summed E-state index contributed by atoms with van der Waals surface area (Å²) in [4.78, 5) is 11.3. The molecule has 0 amide bonds. The van der Waals surface area contributed by atoms with Crippen LogP contribution in [0.25, 0.3) is 0 Å². The maximum Gasteiger partial charge on any atom is 0.150 e. The molecule has 1 aliphatic heterocycles. The van der Waals surface area contributed by atoms with Crippen LogP contribution in [-0.2, 0) is 14.6 Å². The maximum absolute atomic E-state index is 11.4. The zero-order valence-corrected chi connectivity index (χ0v) is 12.3. The van der Waals surface area contributed by atoms with Crippen molar-refractivity contribution in [1.82, 2.24) is 0 Å². The molecule has 0 aromatic heterocycles. The third-order valence-electron chi connectivity index (χ3n) is 3.51. The van der Waals surface area contributed by atoms with Gasteiger partial charge in [-0.25, -0.2) is 8.42 Å². The molecule has 3 nitrogen and oxygen atoms in total. The average molecular weight is 331 g/mol. The number of hydrogen-bond acceptors (Lipinski definition) is 3. The largest absolute Gasteiger partial charge is 0.303 e. The van der Waals surface area contributed by atoms with E-state index in [1.54, 1.807) is 0 Å². The van der Waals surface area contributed by atoms with E-state index in [9.17, 15) is 13.2 Å². The lowest BCUT2D eigenvalue weighted by Crippen LogP contribution is -2.27. The van der Waals surface area contributed by atoms with Crippen molar-refractivity contribution in [2.24, 2.45) is 5.92 Å². The van der Waals surface area contributed by atoms with Gasteiger partial charge >= 0.3 is 0 Å². The summed E-state index contributed by atoms with van der Waals surface area (Å²) in [6.07, 6.45) is 2.12. The number of halogens is 1. The standard InChI is InChI=1S/C13H15BrO3S/c14-12-3-1-10(2-4-12)13(9-15)11-5-7-18(16,17)8-6-11/h1-4,9,11,13H,5-8H2. The lowest BCUT2D eigenvalue weighted by Gasteiger charge is -2.27. The van der Waals surface area contributed by atoms with Crippen molar-refractivity contribution in [3.63, 3.8) is 0 Å². The highest BCUT2D eigenvalue weighted by Crippen LogP contribution is 2.32. The molecule has 2 rings (SSSR count). The first-order chi connectivity index (χ1) is 8.52. The Balaban J connectivity index is 2.15. The van der Waals surface area contributed by atoms with E-state index in [4.69, 9.17) is 0 Å². The van der Waals surface area contributed by atoms with E-state index in [0.717, 1.165) is 16.3 Å². The fourth-order valence-electron chi connectivity index (χ4n) is 2.41. The second-order valence-corrected chi connectivity index (χ2v) is 7.92. The Hall–Kier alpha value is -0.680. The van der Waals surface area contributed by atoms with Gasteiger partial charge < -0.3 is 4.79 Å². The predicted molar refractivity (Wildman–Crippen MR) is 74.3 cm³/mol.